The number of alkyl halides is 4. The van der Waals surface area contributed by atoms with Gasteiger partial charge in [0.25, 0.3) is 0 Å². The van der Waals surface area contributed by atoms with Crippen LogP contribution < -0.4 is 0 Å². The van der Waals surface area contributed by atoms with Crippen LogP contribution in [0.15, 0.2) is 0 Å². The molecule has 1 fully saturated rings. The molecule has 0 saturated carbocycles. The minimum absolute atomic E-state index is 0.113. The molecule has 3 nitrogen and oxygen atoms in total. The summed E-state index contributed by atoms with van der Waals surface area (Å²) in [6, 6.07) is 0. The lowest BCUT2D eigenvalue weighted by molar-refractivity contribution is -0.176. The SMILES string of the molecule is CC1(C)CN(C(=O)CC(F)(F)F)CC(CCl)O1. The first kappa shape index (κ1) is 14.6. The molecule has 0 aromatic rings. The van der Waals surface area contributed by atoms with E-state index in [1.54, 1.807) is 13.8 Å². The van der Waals surface area contributed by atoms with Gasteiger partial charge in [-0.3, -0.25) is 4.79 Å². The van der Waals surface area contributed by atoms with E-state index < -0.39 is 30.2 Å². The number of ether oxygens (including phenoxy) is 1. The lowest BCUT2D eigenvalue weighted by Gasteiger charge is -2.42. The van der Waals surface area contributed by atoms with E-state index in [1.165, 1.54) is 4.90 Å². The maximum absolute atomic E-state index is 12.1. The zero-order chi connectivity index (χ0) is 13.3. The molecule has 1 unspecified atom stereocenters. The molecule has 1 amide bonds. The Bertz CT molecular complexity index is 294. The second kappa shape index (κ2) is 5.02. The first-order chi connectivity index (χ1) is 7.63. The van der Waals surface area contributed by atoms with Crippen LogP contribution in [0.3, 0.4) is 0 Å². The van der Waals surface area contributed by atoms with Gasteiger partial charge >= 0.3 is 6.18 Å². The Morgan fingerprint density at radius 3 is 2.59 bits per heavy atom. The average Bonchev–Trinajstić information content (AvgIpc) is 2.12. The van der Waals surface area contributed by atoms with Crippen molar-refractivity contribution in [2.24, 2.45) is 0 Å². The van der Waals surface area contributed by atoms with Crippen molar-refractivity contribution in [3.8, 4) is 0 Å². The van der Waals surface area contributed by atoms with Gasteiger partial charge in [0.15, 0.2) is 0 Å². The Morgan fingerprint density at radius 1 is 1.53 bits per heavy atom. The number of carbonyl (C=O) groups is 1. The van der Waals surface area contributed by atoms with Crippen molar-refractivity contribution >= 4 is 17.5 Å². The van der Waals surface area contributed by atoms with E-state index in [0.29, 0.717) is 0 Å². The summed E-state index contributed by atoms with van der Waals surface area (Å²) < 4.78 is 41.9. The Balaban J connectivity index is 2.67. The minimum atomic E-state index is -4.48. The molecule has 0 bridgehead atoms. The summed E-state index contributed by atoms with van der Waals surface area (Å²) in [5.74, 6) is -0.775. The van der Waals surface area contributed by atoms with Crippen molar-refractivity contribution in [1.29, 1.82) is 0 Å². The number of hydrogen-bond donors (Lipinski definition) is 0. The van der Waals surface area contributed by atoms with E-state index in [2.05, 4.69) is 0 Å². The van der Waals surface area contributed by atoms with Crippen LogP contribution in [0.5, 0.6) is 0 Å². The number of carbonyl (C=O) groups excluding carboxylic acids is 1. The molecule has 1 saturated heterocycles. The highest BCUT2D eigenvalue weighted by molar-refractivity contribution is 6.18. The molecule has 1 atom stereocenters. The minimum Gasteiger partial charge on any atom is -0.367 e. The summed E-state index contributed by atoms with van der Waals surface area (Å²) in [5, 5.41) is 0. The second-order valence-electron chi connectivity index (χ2n) is 4.72. The predicted octanol–water partition coefficient (Wildman–Crippen LogP) is 2.18. The van der Waals surface area contributed by atoms with Gasteiger partial charge in [-0.05, 0) is 13.8 Å². The molecular weight excluding hydrogens is 259 g/mol. The first-order valence-electron chi connectivity index (χ1n) is 5.21. The smallest absolute Gasteiger partial charge is 0.367 e. The van der Waals surface area contributed by atoms with Crippen LogP contribution in [0, 0.1) is 0 Å². The number of nitrogens with zero attached hydrogens (tertiary/aromatic N) is 1. The van der Waals surface area contributed by atoms with Crippen molar-refractivity contribution in [3.63, 3.8) is 0 Å². The molecule has 7 heteroatoms. The summed E-state index contributed by atoms with van der Waals surface area (Å²) in [6.07, 6.45) is -6.33. The molecule has 1 heterocycles. The molecule has 0 N–H and O–H groups in total. The van der Waals surface area contributed by atoms with Crippen LogP contribution in [-0.2, 0) is 9.53 Å². The fourth-order valence-corrected chi connectivity index (χ4v) is 2.01. The quantitative estimate of drug-likeness (QED) is 0.722. The van der Waals surface area contributed by atoms with Gasteiger partial charge in [0.2, 0.25) is 5.91 Å². The average molecular weight is 274 g/mol. The Morgan fingerprint density at radius 2 is 2.12 bits per heavy atom. The fraction of sp³-hybridized carbons (Fsp3) is 0.900. The van der Waals surface area contributed by atoms with E-state index in [9.17, 15) is 18.0 Å². The summed E-state index contributed by atoms with van der Waals surface area (Å²) >= 11 is 5.63. The highest BCUT2D eigenvalue weighted by Crippen LogP contribution is 2.25. The molecule has 17 heavy (non-hydrogen) atoms. The van der Waals surface area contributed by atoms with Crippen molar-refractivity contribution in [2.45, 2.75) is 38.1 Å². The lowest BCUT2D eigenvalue weighted by atomic mass is 10.1. The molecule has 1 aliphatic rings. The van der Waals surface area contributed by atoms with Gasteiger partial charge in [-0.15, -0.1) is 11.6 Å². The van der Waals surface area contributed by atoms with E-state index in [1.807, 2.05) is 0 Å². The van der Waals surface area contributed by atoms with Crippen molar-refractivity contribution in [2.75, 3.05) is 19.0 Å². The van der Waals surface area contributed by atoms with Gasteiger partial charge in [0.05, 0.1) is 17.6 Å². The van der Waals surface area contributed by atoms with Gasteiger partial charge in [-0.25, -0.2) is 0 Å². The normalized spacial score (nSPS) is 24.8. The van der Waals surface area contributed by atoms with Gasteiger partial charge < -0.3 is 9.64 Å². The third kappa shape index (κ3) is 4.71. The predicted molar refractivity (Wildman–Crippen MR) is 56.9 cm³/mol. The zero-order valence-electron chi connectivity index (χ0n) is 9.68. The second-order valence-corrected chi connectivity index (χ2v) is 5.03. The number of amides is 1. The monoisotopic (exact) mass is 273 g/mol. The molecular formula is C10H15ClF3NO2. The first-order valence-corrected chi connectivity index (χ1v) is 5.75. The highest BCUT2D eigenvalue weighted by atomic mass is 35.5. The van der Waals surface area contributed by atoms with Crippen LogP contribution in [-0.4, -0.2) is 47.7 Å². The van der Waals surface area contributed by atoms with Crippen LogP contribution in [0.4, 0.5) is 13.2 Å². The van der Waals surface area contributed by atoms with Crippen molar-refractivity contribution in [1.82, 2.24) is 4.90 Å². The fourth-order valence-electron chi connectivity index (χ4n) is 1.85. The van der Waals surface area contributed by atoms with E-state index in [4.69, 9.17) is 16.3 Å². The van der Waals surface area contributed by atoms with Gasteiger partial charge in [0, 0.05) is 13.1 Å². The number of rotatable bonds is 2. The Hall–Kier alpha value is -0.490. The largest absolute Gasteiger partial charge is 0.397 e. The number of hydrogen-bond acceptors (Lipinski definition) is 2. The summed E-state index contributed by atoms with van der Waals surface area (Å²) in [6.45, 7) is 3.70. The van der Waals surface area contributed by atoms with Gasteiger partial charge in [-0.1, -0.05) is 0 Å². The lowest BCUT2D eigenvalue weighted by Crippen LogP contribution is -2.55. The van der Waals surface area contributed by atoms with E-state index >= 15 is 0 Å². The Labute approximate surface area is 103 Å². The van der Waals surface area contributed by atoms with Crippen LogP contribution >= 0.6 is 11.6 Å². The van der Waals surface area contributed by atoms with Gasteiger partial charge in [0.1, 0.15) is 6.42 Å². The molecule has 0 aromatic heterocycles. The molecule has 0 aromatic carbocycles. The zero-order valence-corrected chi connectivity index (χ0v) is 10.4. The maximum Gasteiger partial charge on any atom is 0.397 e. The molecule has 100 valence electrons. The van der Waals surface area contributed by atoms with E-state index in [0.717, 1.165) is 0 Å². The van der Waals surface area contributed by atoms with Crippen molar-refractivity contribution in [3.05, 3.63) is 0 Å². The topological polar surface area (TPSA) is 29.5 Å². The van der Waals surface area contributed by atoms with Crippen molar-refractivity contribution < 1.29 is 22.7 Å². The number of morpholine rings is 1. The summed E-state index contributed by atoms with van der Waals surface area (Å²) in [5.41, 5.74) is -0.668. The van der Waals surface area contributed by atoms with Crippen LogP contribution in [0.2, 0.25) is 0 Å². The van der Waals surface area contributed by atoms with Gasteiger partial charge in [-0.2, -0.15) is 13.2 Å². The van der Waals surface area contributed by atoms with Crippen LogP contribution in [0.25, 0.3) is 0 Å². The summed E-state index contributed by atoms with van der Waals surface area (Å²) in [7, 11) is 0. The third-order valence-corrected chi connectivity index (χ3v) is 2.70. The third-order valence-electron chi connectivity index (χ3n) is 2.36. The Kier molecular flexibility index (Phi) is 4.30. The number of halogens is 4. The highest BCUT2D eigenvalue weighted by Gasteiger charge is 2.39. The molecule has 1 aliphatic heterocycles. The maximum atomic E-state index is 12.1. The molecule has 0 spiro atoms. The van der Waals surface area contributed by atoms with Crippen LogP contribution in [0.1, 0.15) is 20.3 Å². The van der Waals surface area contributed by atoms with E-state index in [-0.39, 0.29) is 19.0 Å². The molecule has 0 aliphatic carbocycles. The summed E-state index contributed by atoms with van der Waals surface area (Å²) in [4.78, 5) is 12.6. The standard InChI is InChI=1S/C10H15ClF3NO2/c1-9(2)6-15(5-7(4-11)17-9)8(16)3-10(12,13)14/h7H,3-6H2,1-2H3. The molecule has 1 rings (SSSR count). The molecule has 0 radical (unpaired) electrons.